The summed E-state index contributed by atoms with van der Waals surface area (Å²) in [6, 6.07) is 0. The summed E-state index contributed by atoms with van der Waals surface area (Å²) in [6.45, 7) is 6.43. The lowest BCUT2D eigenvalue weighted by molar-refractivity contribution is -0.121. The third kappa shape index (κ3) is 0.750. The molecule has 0 aromatic heterocycles. The number of hydrogen-bond donors (Lipinski definition) is 1. The molecule has 1 N–H and O–H groups in total. The van der Waals surface area contributed by atoms with Crippen molar-refractivity contribution in [3.63, 3.8) is 0 Å². The first-order chi connectivity index (χ1) is 4.94. The van der Waals surface area contributed by atoms with Crippen LogP contribution in [0.1, 0.15) is 27.2 Å². The molecule has 0 aromatic rings. The Bertz CT molecular complexity index is 213. The second-order valence-electron chi connectivity index (χ2n) is 4.80. The highest BCUT2D eigenvalue weighted by molar-refractivity contribution is 5.22. The van der Waals surface area contributed by atoms with Crippen molar-refractivity contribution in [1.29, 1.82) is 0 Å². The van der Waals surface area contributed by atoms with Crippen LogP contribution in [0.25, 0.3) is 0 Å². The maximum absolute atomic E-state index is 9.93. The number of hydrogen-bond acceptors (Lipinski definition) is 1. The highest BCUT2D eigenvalue weighted by Gasteiger charge is 2.56. The average molecular weight is 152 g/mol. The van der Waals surface area contributed by atoms with Crippen molar-refractivity contribution in [3.8, 4) is 0 Å². The SMILES string of the molecule is CC1(O)C=C[C@@H]2C[C@@H]1C2(C)C. The Morgan fingerprint density at radius 3 is 2.27 bits per heavy atom. The van der Waals surface area contributed by atoms with Gasteiger partial charge in [-0.05, 0) is 30.6 Å². The molecule has 0 heterocycles. The van der Waals surface area contributed by atoms with E-state index in [1.54, 1.807) is 0 Å². The molecule has 11 heavy (non-hydrogen) atoms. The lowest BCUT2D eigenvalue weighted by atomic mass is 9.47. The first-order valence-corrected chi connectivity index (χ1v) is 4.36. The minimum absolute atomic E-state index is 0.332. The van der Waals surface area contributed by atoms with Crippen LogP contribution in [0.3, 0.4) is 0 Å². The van der Waals surface area contributed by atoms with Gasteiger partial charge in [-0.3, -0.25) is 0 Å². The van der Waals surface area contributed by atoms with E-state index in [9.17, 15) is 5.11 Å². The normalized spacial score (nSPS) is 52.0. The molecule has 0 saturated heterocycles. The van der Waals surface area contributed by atoms with E-state index in [-0.39, 0.29) is 0 Å². The minimum Gasteiger partial charge on any atom is -0.386 e. The zero-order chi connectivity index (χ0) is 8.28. The minimum atomic E-state index is -0.543. The summed E-state index contributed by atoms with van der Waals surface area (Å²) in [7, 11) is 0. The predicted octanol–water partition coefficient (Wildman–Crippen LogP) is 1.97. The molecular weight excluding hydrogens is 136 g/mol. The van der Waals surface area contributed by atoms with Gasteiger partial charge in [0, 0.05) is 0 Å². The molecule has 62 valence electrons. The molecule has 1 unspecified atom stereocenters. The van der Waals surface area contributed by atoms with E-state index in [2.05, 4.69) is 19.9 Å². The van der Waals surface area contributed by atoms with Crippen LogP contribution in [-0.2, 0) is 0 Å². The molecular formula is C10H16O. The fourth-order valence-electron chi connectivity index (χ4n) is 2.70. The fourth-order valence-corrected chi connectivity index (χ4v) is 2.70. The van der Waals surface area contributed by atoms with Gasteiger partial charge in [-0.25, -0.2) is 0 Å². The average Bonchev–Trinajstić information content (AvgIpc) is 1.84. The van der Waals surface area contributed by atoms with Gasteiger partial charge in [-0.15, -0.1) is 0 Å². The molecule has 1 nitrogen and oxygen atoms in total. The van der Waals surface area contributed by atoms with Crippen molar-refractivity contribution in [2.75, 3.05) is 0 Å². The molecule has 0 radical (unpaired) electrons. The van der Waals surface area contributed by atoms with Gasteiger partial charge in [-0.1, -0.05) is 26.0 Å². The number of allylic oxidation sites excluding steroid dienone is 1. The molecule has 1 fully saturated rings. The summed E-state index contributed by atoms with van der Waals surface area (Å²) in [5.41, 5.74) is -0.212. The topological polar surface area (TPSA) is 20.2 Å². The van der Waals surface area contributed by atoms with E-state index < -0.39 is 5.60 Å². The lowest BCUT2D eigenvalue weighted by Crippen LogP contribution is -2.57. The molecule has 1 heteroatoms. The molecule has 0 aliphatic heterocycles. The smallest absolute Gasteiger partial charge is 0.0833 e. The molecule has 0 spiro atoms. The summed E-state index contributed by atoms with van der Waals surface area (Å²) in [4.78, 5) is 0. The number of aliphatic hydroxyl groups is 1. The van der Waals surface area contributed by atoms with Gasteiger partial charge in [0.2, 0.25) is 0 Å². The molecule has 3 atom stereocenters. The maximum atomic E-state index is 9.93. The van der Waals surface area contributed by atoms with Crippen LogP contribution in [0.15, 0.2) is 12.2 Å². The number of fused-ring (bicyclic) bond motifs is 1. The third-order valence-electron chi connectivity index (χ3n) is 3.71. The fraction of sp³-hybridized carbons (Fsp3) is 0.800. The van der Waals surface area contributed by atoms with Crippen molar-refractivity contribution >= 4 is 0 Å². The highest BCUT2D eigenvalue weighted by Crippen LogP contribution is 2.59. The molecule has 3 rings (SSSR count). The van der Waals surface area contributed by atoms with Crippen LogP contribution in [0.4, 0.5) is 0 Å². The zero-order valence-electron chi connectivity index (χ0n) is 7.46. The Hall–Kier alpha value is -0.300. The summed E-state index contributed by atoms with van der Waals surface area (Å²) in [5, 5.41) is 9.93. The molecule has 0 amide bonds. The second kappa shape index (κ2) is 1.71. The van der Waals surface area contributed by atoms with Gasteiger partial charge in [0.25, 0.3) is 0 Å². The van der Waals surface area contributed by atoms with Crippen molar-refractivity contribution in [1.82, 2.24) is 0 Å². The Kier molecular flexibility index (Phi) is 1.15. The first-order valence-electron chi connectivity index (χ1n) is 4.36. The molecule has 3 aliphatic carbocycles. The largest absolute Gasteiger partial charge is 0.386 e. The second-order valence-corrected chi connectivity index (χ2v) is 4.80. The van der Waals surface area contributed by atoms with Crippen molar-refractivity contribution in [2.45, 2.75) is 32.8 Å². The molecule has 3 aliphatic rings. The van der Waals surface area contributed by atoms with Gasteiger partial charge in [0.15, 0.2) is 0 Å². The van der Waals surface area contributed by atoms with Crippen LogP contribution in [0.2, 0.25) is 0 Å². The van der Waals surface area contributed by atoms with E-state index in [1.165, 1.54) is 6.42 Å². The van der Waals surface area contributed by atoms with Crippen molar-refractivity contribution in [3.05, 3.63) is 12.2 Å². The summed E-state index contributed by atoms with van der Waals surface area (Å²) in [6.07, 6.45) is 5.33. The Morgan fingerprint density at radius 2 is 2.00 bits per heavy atom. The van der Waals surface area contributed by atoms with E-state index in [1.807, 2.05) is 13.0 Å². The third-order valence-corrected chi connectivity index (χ3v) is 3.71. The summed E-state index contributed by atoms with van der Waals surface area (Å²) in [5.74, 6) is 1.19. The maximum Gasteiger partial charge on any atom is 0.0833 e. The van der Waals surface area contributed by atoms with Crippen LogP contribution in [-0.4, -0.2) is 10.7 Å². The Morgan fingerprint density at radius 1 is 1.36 bits per heavy atom. The molecule has 1 saturated carbocycles. The number of rotatable bonds is 0. The quantitative estimate of drug-likeness (QED) is 0.526. The van der Waals surface area contributed by atoms with Gasteiger partial charge in [0.05, 0.1) is 5.60 Å². The standard InChI is InChI=1S/C10H16O/c1-9(2)7-4-5-10(3,11)8(9)6-7/h4-5,7-8,11H,6H2,1-3H3/t7-,8-,10?/m1/s1. The lowest BCUT2D eigenvalue weighted by Gasteiger charge is -2.59. The molecule has 0 aromatic carbocycles. The van der Waals surface area contributed by atoms with Crippen LogP contribution in [0, 0.1) is 17.3 Å². The summed E-state index contributed by atoms with van der Waals surface area (Å²) >= 11 is 0. The van der Waals surface area contributed by atoms with Gasteiger partial charge in [-0.2, -0.15) is 0 Å². The van der Waals surface area contributed by atoms with Gasteiger partial charge < -0.3 is 5.11 Å². The zero-order valence-corrected chi connectivity index (χ0v) is 7.46. The van der Waals surface area contributed by atoms with Gasteiger partial charge in [0.1, 0.15) is 0 Å². The monoisotopic (exact) mass is 152 g/mol. The molecule has 2 bridgehead atoms. The summed E-state index contributed by atoms with van der Waals surface area (Å²) < 4.78 is 0. The Balaban J connectivity index is 2.36. The first kappa shape index (κ1) is 7.35. The van der Waals surface area contributed by atoms with Gasteiger partial charge >= 0.3 is 0 Å². The van der Waals surface area contributed by atoms with Crippen LogP contribution >= 0.6 is 0 Å². The van der Waals surface area contributed by atoms with Crippen molar-refractivity contribution in [2.24, 2.45) is 17.3 Å². The van der Waals surface area contributed by atoms with E-state index in [0.29, 0.717) is 17.3 Å². The van der Waals surface area contributed by atoms with E-state index in [4.69, 9.17) is 0 Å². The van der Waals surface area contributed by atoms with Crippen LogP contribution < -0.4 is 0 Å². The van der Waals surface area contributed by atoms with Crippen LogP contribution in [0.5, 0.6) is 0 Å². The highest BCUT2D eigenvalue weighted by atomic mass is 16.3. The Labute approximate surface area is 68.1 Å². The predicted molar refractivity (Wildman–Crippen MR) is 45.1 cm³/mol. The van der Waals surface area contributed by atoms with Crippen molar-refractivity contribution < 1.29 is 5.11 Å². The van der Waals surface area contributed by atoms with E-state index >= 15 is 0 Å². The van der Waals surface area contributed by atoms with E-state index in [0.717, 1.165) is 0 Å².